The molecule has 1 aromatic carbocycles. The van der Waals surface area contributed by atoms with Crippen molar-refractivity contribution >= 4 is 35.0 Å². The van der Waals surface area contributed by atoms with Crippen molar-refractivity contribution < 1.29 is 24.2 Å². The lowest BCUT2D eigenvalue weighted by molar-refractivity contribution is -0.152. The summed E-state index contributed by atoms with van der Waals surface area (Å²) in [6.45, 7) is 10.5. The van der Waals surface area contributed by atoms with Gasteiger partial charge in [0.2, 0.25) is 11.8 Å². The molecule has 3 amide bonds. The second-order valence-electron chi connectivity index (χ2n) is 11.7. The van der Waals surface area contributed by atoms with E-state index in [1.807, 2.05) is 71.1 Å². The number of amides is 3. The number of aliphatic hydroxyl groups excluding tert-OH is 1. The van der Waals surface area contributed by atoms with Gasteiger partial charge in [0.15, 0.2) is 0 Å². The van der Waals surface area contributed by atoms with Gasteiger partial charge in [0.1, 0.15) is 11.6 Å². The Morgan fingerprint density at radius 3 is 2.44 bits per heavy atom. The molecule has 1 aromatic rings. The number of carbonyl (C=O) groups is 3. The molecule has 2 saturated heterocycles. The zero-order valence-electron chi connectivity index (χ0n) is 23.3. The van der Waals surface area contributed by atoms with Crippen molar-refractivity contribution in [2.45, 2.75) is 64.3 Å². The average Bonchev–Trinajstić information content (AvgIpc) is 3.14. The van der Waals surface area contributed by atoms with Crippen molar-refractivity contribution in [2.75, 3.05) is 31.1 Å². The number of carbonyl (C=O) groups excluding carboxylic acids is 3. The number of aryl methyl sites for hydroxylation is 1. The Bertz CT molecular complexity index is 1230. The monoisotopic (exact) mass is 555 g/mol. The number of anilines is 1. The highest BCUT2D eigenvalue weighted by molar-refractivity contribution is 6.34. The maximum absolute atomic E-state index is 14.7. The molecule has 0 bridgehead atoms. The van der Waals surface area contributed by atoms with Gasteiger partial charge in [-0.05, 0) is 37.8 Å². The number of fused-ring (bicyclic) bond motifs is 2. The van der Waals surface area contributed by atoms with Crippen LogP contribution in [0.5, 0.6) is 0 Å². The van der Waals surface area contributed by atoms with E-state index in [0.29, 0.717) is 23.8 Å². The molecule has 4 aliphatic heterocycles. The summed E-state index contributed by atoms with van der Waals surface area (Å²) in [5.74, 6) is -2.68. The quantitative estimate of drug-likeness (QED) is 0.544. The molecule has 2 fully saturated rings. The Labute approximate surface area is 235 Å². The van der Waals surface area contributed by atoms with E-state index in [9.17, 15) is 19.5 Å². The normalized spacial score (nSPS) is 32.9. The van der Waals surface area contributed by atoms with Gasteiger partial charge >= 0.3 is 0 Å². The van der Waals surface area contributed by atoms with Crippen LogP contribution < -0.4 is 4.90 Å². The van der Waals surface area contributed by atoms with Crippen LogP contribution in [0.1, 0.15) is 39.7 Å². The smallest absolute Gasteiger partial charge is 0.253 e. The first kappa shape index (κ1) is 27.9. The van der Waals surface area contributed by atoms with Crippen LogP contribution in [-0.4, -0.2) is 82.2 Å². The minimum absolute atomic E-state index is 0.141. The summed E-state index contributed by atoms with van der Waals surface area (Å²) in [5.41, 5.74) is -1.05. The highest BCUT2D eigenvalue weighted by atomic mass is 35.5. The molecule has 0 aromatic heterocycles. The highest BCUT2D eigenvalue weighted by Gasteiger charge is 2.75. The van der Waals surface area contributed by atoms with Crippen LogP contribution in [0.2, 0.25) is 5.02 Å². The Kier molecular flexibility index (Phi) is 7.19. The number of benzene rings is 1. The topological polar surface area (TPSA) is 90.4 Å². The summed E-state index contributed by atoms with van der Waals surface area (Å²) in [4.78, 5) is 48.1. The van der Waals surface area contributed by atoms with Crippen LogP contribution in [0.15, 0.2) is 42.5 Å². The van der Waals surface area contributed by atoms with Gasteiger partial charge in [-0.15, -0.1) is 0 Å². The number of aliphatic hydroxyl groups is 1. The summed E-state index contributed by atoms with van der Waals surface area (Å²) in [6.07, 6.45) is 8.27. The van der Waals surface area contributed by atoms with E-state index < -0.39 is 35.1 Å². The van der Waals surface area contributed by atoms with Gasteiger partial charge in [0.05, 0.1) is 40.8 Å². The number of nitrogens with zero attached hydrogens (tertiary/aromatic N) is 3. The van der Waals surface area contributed by atoms with Crippen LogP contribution >= 0.6 is 11.6 Å². The van der Waals surface area contributed by atoms with Gasteiger partial charge in [0.25, 0.3) is 5.91 Å². The molecule has 210 valence electrons. The summed E-state index contributed by atoms with van der Waals surface area (Å²) in [5, 5.41) is 10.9. The third kappa shape index (κ3) is 4.06. The van der Waals surface area contributed by atoms with E-state index in [1.54, 1.807) is 15.9 Å². The second kappa shape index (κ2) is 10.1. The molecule has 39 heavy (non-hydrogen) atoms. The van der Waals surface area contributed by atoms with Crippen molar-refractivity contribution in [2.24, 2.45) is 17.8 Å². The van der Waals surface area contributed by atoms with Crippen molar-refractivity contribution in [3.8, 4) is 0 Å². The lowest BCUT2D eigenvalue weighted by Crippen LogP contribution is -2.59. The van der Waals surface area contributed by atoms with Gasteiger partial charge in [-0.1, -0.05) is 68.8 Å². The Hall–Kier alpha value is -2.68. The summed E-state index contributed by atoms with van der Waals surface area (Å²) >= 11 is 6.61. The van der Waals surface area contributed by atoms with Gasteiger partial charge in [-0.2, -0.15) is 0 Å². The minimum atomic E-state index is -1.38. The Morgan fingerprint density at radius 2 is 1.79 bits per heavy atom. The number of rotatable bonds is 6. The number of hydrogen-bond acceptors (Lipinski definition) is 5. The fraction of sp³-hybridized carbons (Fsp3) is 0.567. The predicted molar refractivity (Wildman–Crippen MR) is 149 cm³/mol. The molecule has 4 heterocycles. The van der Waals surface area contributed by atoms with Crippen LogP contribution in [0, 0.1) is 24.7 Å². The van der Waals surface area contributed by atoms with Gasteiger partial charge in [-0.3, -0.25) is 14.4 Å². The molecule has 8 nitrogen and oxygen atoms in total. The molecule has 0 radical (unpaired) electrons. The SMILES string of the molecule is CCCN1CC=C[C@]2(C)O[C@]34C=CCN(c5c(C)cccc5Cl)C(=O)C3N([C@@H](CO)C(C)C)C(=O)[C@@H]4[C@@H]2C1=O. The molecule has 1 spiro atoms. The minimum Gasteiger partial charge on any atom is -0.394 e. The van der Waals surface area contributed by atoms with Crippen LogP contribution in [0.3, 0.4) is 0 Å². The van der Waals surface area contributed by atoms with Crippen LogP contribution in [0.25, 0.3) is 0 Å². The summed E-state index contributed by atoms with van der Waals surface area (Å²) in [7, 11) is 0. The zero-order chi connectivity index (χ0) is 28.3. The number of likely N-dealkylation sites (tertiary alicyclic amines) is 1. The van der Waals surface area contributed by atoms with Gasteiger partial charge < -0.3 is 24.5 Å². The molecule has 1 N–H and O–H groups in total. The number of para-hydroxylation sites is 1. The second-order valence-corrected chi connectivity index (χ2v) is 12.1. The van der Waals surface area contributed by atoms with E-state index in [-0.39, 0.29) is 36.8 Å². The molecule has 6 atom stereocenters. The first-order chi connectivity index (χ1) is 18.5. The Balaban J connectivity index is 1.70. The molecular formula is C30H38ClN3O5. The number of halogens is 1. The van der Waals surface area contributed by atoms with E-state index in [0.717, 1.165) is 12.0 Å². The van der Waals surface area contributed by atoms with E-state index >= 15 is 0 Å². The maximum atomic E-state index is 14.7. The fourth-order valence-corrected chi connectivity index (χ4v) is 7.45. The number of hydrogen-bond donors (Lipinski definition) is 1. The fourth-order valence-electron chi connectivity index (χ4n) is 7.13. The van der Waals surface area contributed by atoms with Crippen LogP contribution in [0.4, 0.5) is 5.69 Å². The molecule has 0 aliphatic carbocycles. The predicted octanol–water partition coefficient (Wildman–Crippen LogP) is 3.35. The van der Waals surface area contributed by atoms with Gasteiger partial charge in [-0.25, -0.2) is 0 Å². The molecule has 0 saturated carbocycles. The van der Waals surface area contributed by atoms with Crippen molar-refractivity contribution in [3.63, 3.8) is 0 Å². The molecule has 4 aliphatic rings. The standard InChI is InChI=1S/C30H38ClN3O5/c1-6-14-32-15-8-12-29(5)22(26(32)36)23-27(37)34(21(17-35)18(2)3)25-28(38)33(16-9-13-30(23,25)39-29)24-19(4)10-7-11-20(24)31/h7-13,18,21-23,25,35H,6,14-17H2,1-5H3/t21-,22+,23-,25?,29-,30-/m0/s1. The van der Waals surface area contributed by atoms with Crippen molar-refractivity contribution in [1.82, 2.24) is 9.80 Å². The lowest BCUT2D eigenvalue weighted by atomic mass is 9.74. The highest BCUT2D eigenvalue weighted by Crippen LogP contribution is 2.58. The molecule has 9 heteroatoms. The summed E-state index contributed by atoms with van der Waals surface area (Å²) < 4.78 is 6.87. The Morgan fingerprint density at radius 1 is 1.08 bits per heavy atom. The van der Waals surface area contributed by atoms with Crippen molar-refractivity contribution in [1.29, 1.82) is 0 Å². The maximum Gasteiger partial charge on any atom is 0.253 e. The first-order valence-electron chi connectivity index (χ1n) is 13.9. The van der Waals surface area contributed by atoms with E-state index in [1.165, 1.54) is 4.90 Å². The van der Waals surface area contributed by atoms with Crippen LogP contribution in [-0.2, 0) is 19.1 Å². The molecular weight excluding hydrogens is 518 g/mol. The lowest BCUT2D eigenvalue weighted by Gasteiger charge is -2.41. The largest absolute Gasteiger partial charge is 0.394 e. The summed E-state index contributed by atoms with van der Waals surface area (Å²) in [6, 6.07) is 3.75. The molecule has 5 rings (SSSR count). The molecule has 1 unspecified atom stereocenters. The van der Waals surface area contributed by atoms with Crippen molar-refractivity contribution in [3.05, 3.63) is 53.1 Å². The first-order valence-corrected chi connectivity index (χ1v) is 14.2. The third-order valence-corrected chi connectivity index (χ3v) is 9.15. The zero-order valence-corrected chi connectivity index (χ0v) is 24.0. The van der Waals surface area contributed by atoms with E-state index in [2.05, 4.69) is 0 Å². The third-order valence-electron chi connectivity index (χ3n) is 8.84. The average molecular weight is 556 g/mol. The van der Waals surface area contributed by atoms with Gasteiger partial charge in [0, 0.05) is 19.6 Å². The van der Waals surface area contributed by atoms with E-state index in [4.69, 9.17) is 16.3 Å². The number of ether oxygens (including phenoxy) is 1.